The molecule has 0 aliphatic carbocycles. The molecule has 0 aliphatic heterocycles. The van der Waals surface area contributed by atoms with E-state index in [0.29, 0.717) is 13.0 Å². The molecule has 0 saturated carbocycles. The molecular formula is C49H90NO8P. The van der Waals surface area contributed by atoms with Crippen LogP contribution in [0.4, 0.5) is 0 Å². The molecule has 1 N–H and O–H groups in total. The summed E-state index contributed by atoms with van der Waals surface area (Å²) in [6.07, 6.45) is 50.1. The molecule has 0 amide bonds. The Morgan fingerprint density at radius 2 is 0.915 bits per heavy atom. The van der Waals surface area contributed by atoms with E-state index >= 15 is 0 Å². The van der Waals surface area contributed by atoms with Crippen molar-refractivity contribution >= 4 is 19.8 Å². The maximum Gasteiger partial charge on any atom is 0.472 e. The minimum atomic E-state index is -4.37. The van der Waals surface area contributed by atoms with E-state index in [4.69, 9.17) is 18.5 Å². The van der Waals surface area contributed by atoms with Crippen molar-refractivity contribution in [3.05, 3.63) is 48.6 Å². The lowest BCUT2D eigenvalue weighted by molar-refractivity contribution is -0.161. The van der Waals surface area contributed by atoms with Gasteiger partial charge < -0.3 is 19.3 Å². The van der Waals surface area contributed by atoms with Crippen LogP contribution in [0, 0.1) is 0 Å². The highest BCUT2D eigenvalue weighted by Crippen LogP contribution is 2.43. The lowest BCUT2D eigenvalue weighted by Crippen LogP contribution is -2.29. The largest absolute Gasteiger partial charge is 0.472 e. The first kappa shape index (κ1) is 57.0. The monoisotopic (exact) mass is 852 g/mol. The van der Waals surface area contributed by atoms with Crippen molar-refractivity contribution in [2.24, 2.45) is 0 Å². The topological polar surface area (TPSA) is 112 Å². The first-order chi connectivity index (χ1) is 28.7. The number of allylic oxidation sites excluding steroid dienone is 8. The Kier molecular flexibility index (Phi) is 42.5. The minimum Gasteiger partial charge on any atom is -0.462 e. The van der Waals surface area contributed by atoms with Crippen molar-refractivity contribution in [3.63, 3.8) is 0 Å². The second-order valence-electron chi connectivity index (χ2n) is 16.3. The van der Waals surface area contributed by atoms with E-state index in [2.05, 4.69) is 62.5 Å². The molecule has 0 aliphatic rings. The highest BCUT2D eigenvalue weighted by molar-refractivity contribution is 7.47. The quantitative estimate of drug-likeness (QED) is 0.0277. The van der Waals surface area contributed by atoms with Gasteiger partial charge in [-0.15, -0.1) is 0 Å². The molecule has 0 fully saturated rings. The molecule has 2 atom stereocenters. The van der Waals surface area contributed by atoms with Gasteiger partial charge in [-0.05, 0) is 91.1 Å². The van der Waals surface area contributed by atoms with Crippen molar-refractivity contribution in [1.82, 2.24) is 4.90 Å². The van der Waals surface area contributed by atoms with Gasteiger partial charge in [0.25, 0.3) is 0 Å². The molecule has 0 aromatic rings. The summed E-state index contributed by atoms with van der Waals surface area (Å²) >= 11 is 0. The van der Waals surface area contributed by atoms with Crippen molar-refractivity contribution in [2.75, 3.05) is 40.5 Å². The molecule has 0 radical (unpaired) electrons. The Bertz CT molecular complexity index is 1120. The number of phosphoric acid groups is 1. The molecule has 0 bridgehead atoms. The van der Waals surface area contributed by atoms with Crippen LogP contribution < -0.4 is 0 Å². The summed E-state index contributed by atoms with van der Waals surface area (Å²) in [6.45, 7) is 4.27. The molecule has 344 valence electrons. The van der Waals surface area contributed by atoms with E-state index in [9.17, 15) is 19.0 Å². The van der Waals surface area contributed by atoms with Gasteiger partial charge in [0, 0.05) is 19.4 Å². The number of carbonyl (C=O) groups is 2. The Hall–Kier alpha value is -2.03. The standard InChI is InChI=1S/C49H90NO8P/c1-5-7-9-11-13-15-17-19-21-23-24-26-27-29-31-33-35-37-39-41-48(51)55-45-47(46-57-59(53,54)56-44-43-50(3)4)58-49(52)42-40-38-36-34-32-30-28-25-22-20-18-16-14-12-10-8-6-2/h14,16,19-22,28,30,47H,5-13,15,17-18,23-27,29,31-46H2,1-4H3,(H,53,54)/b16-14-,21-19-,22-20-,30-28-. The van der Waals surface area contributed by atoms with Crippen LogP contribution in [0.15, 0.2) is 48.6 Å². The number of rotatable bonds is 44. The number of esters is 2. The van der Waals surface area contributed by atoms with Crippen molar-refractivity contribution < 1.29 is 37.6 Å². The summed E-state index contributed by atoms with van der Waals surface area (Å²) < 4.78 is 33.5. The van der Waals surface area contributed by atoms with Crippen molar-refractivity contribution in [1.29, 1.82) is 0 Å². The van der Waals surface area contributed by atoms with E-state index in [1.54, 1.807) is 0 Å². The molecule has 0 aromatic heterocycles. The molecule has 9 nitrogen and oxygen atoms in total. The fourth-order valence-corrected chi connectivity index (χ4v) is 7.14. The zero-order chi connectivity index (χ0) is 43.3. The number of hydrogen-bond donors (Lipinski definition) is 1. The summed E-state index contributed by atoms with van der Waals surface area (Å²) in [5, 5.41) is 0. The van der Waals surface area contributed by atoms with Gasteiger partial charge in [-0.25, -0.2) is 4.57 Å². The van der Waals surface area contributed by atoms with Gasteiger partial charge >= 0.3 is 19.8 Å². The molecule has 10 heteroatoms. The van der Waals surface area contributed by atoms with Gasteiger partial charge in [-0.2, -0.15) is 0 Å². The fraction of sp³-hybridized carbons (Fsp3) is 0.796. The number of unbranched alkanes of at least 4 members (excludes halogenated alkanes) is 22. The molecule has 0 heterocycles. The number of carbonyl (C=O) groups excluding carboxylic acids is 2. The van der Waals surface area contributed by atoms with E-state index in [1.165, 1.54) is 116 Å². The van der Waals surface area contributed by atoms with Gasteiger partial charge in [0.1, 0.15) is 6.61 Å². The normalized spacial score (nSPS) is 13.7. The summed E-state index contributed by atoms with van der Waals surface area (Å²) in [7, 11) is -0.727. The van der Waals surface area contributed by atoms with Crippen LogP contribution in [0.3, 0.4) is 0 Å². The van der Waals surface area contributed by atoms with Crippen LogP contribution in [0.1, 0.15) is 206 Å². The molecule has 0 rings (SSSR count). The van der Waals surface area contributed by atoms with E-state index in [1.807, 2.05) is 19.0 Å². The lowest BCUT2D eigenvalue weighted by Gasteiger charge is -2.20. The maximum atomic E-state index is 12.7. The Balaban J connectivity index is 4.27. The molecular weight excluding hydrogens is 762 g/mol. The van der Waals surface area contributed by atoms with Crippen LogP contribution in [0.5, 0.6) is 0 Å². The van der Waals surface area contributed by atoms with E-state index < -0.39 is 26.5 Å². The Morgan fingerprint density at radius 1 is 0.525 bits per heavy atom. The number of hydrogen-bond acceptors (Lipinski definition) is 8. The molecule has 0 saturated heterocycles. The van der Waals surface area contributed by atoms with E-state index in [0.717, 1.165) is 57.8 Å². The predicted molar refractivity (Wildman–Crippen MR) is 248 cm³/mol. The van der Waals surface area contributed by atoms with Gasteiger partial charge in [0.05, 0.1) is 13.2 Å². The third-order valence-corrected chi connectivity index (χ3v) is 11.1. The van der Waals surface area contributed by atoms with E-state index in [-0.39, 0.29) is 32.0 Å². The summed E-state index contributed by atoms with van der Waals surface area (Å²) in [6, 6.07) is 0. The summed E-state index contributed by atoms with van der Waals surface area (Å²) in [4.78, 5) is 37.1. The first-order valence-electron chi connectivity index (χ1n) is 23.9. The number of ether oxygens (including phenoxy) is 2. The Morgan fingerprint density at radius 3 is 1.41 bits per heavy atom. The zero-order valence-corrected chi connectivity index (χ0v) is 39.3. The summed E-state index contributed by atoms with van der Waals surface area (Å²) in [5.41, 5.74) is 0. The molecule has 2 unspecified atom stereocenters. The number of likely N-dealkylation sites (N-methyl/N-ethyl adjacent to an activating group) is 1. The SMILES string of the molecule is CCCCC/C=C\C/C=C\C/C=C\CCCCCCC(=O)OC(COC(=O)CCCCCCCCCCC/C=C\CCCCCCCC)COP(=O)(O)OCCN(C)C. The molecule has 59 heavy (non-hydrogen) atoms. The summed E-state index contributed by atoms with van der Waals surface area (Å²) in [5.74, 6) is -0.828. The van der Waals surface area contributed by atoms with Gasteiger partial charge in [0.2, 0.25) is 0 Å². The van der Waals surface area contributed by atoms with Crippen molar-refractivity contribution in [3.8, 4) is 0 Å². The highest BCUT2D eigenvalue weighted by atomic mass is 31.2. The molecule has 0 aromatic carbocycles. The van der Waals surface area contributed by atoms with Crippen LogP contribution >= 0.6 is 7.82 Å². The lowest BCUT2D eigenvalue weighted by atomic mass is 10.1. The second-order valence-corrected chi connectivity index (χ2v) is 17.7. The minimum absolute atomic E-state index is 0.00143. The smallest absolute Gasteiger partial charge is 0.462 e. The van der Waals surface area contributed by atoms with Crippen LogP contribution in [0.2, 0.25) is 0 Å². The van der Waals surface area contributed by atoms with Gasteiger partial charge in [-0.1, -0.05) is 165 Å². The van der Waals surface area contributed by atoms with Crippen molar-refractivity contribution in [2.45, 2.75) is 213 Å². The Labute approximate surface area is 362 Å². The average molecular weight is 852 g/mol. The second kappa shape index (κ2) is 44.0. The van der Waals surface area contributed by atoms with Crippen LogP contribution in [0.25, 0.3) is 0 Å². The van der Waals surface area contributed by atoms with Crippen LogP contribution in [-0.4, -0.2) is 68.3 Å². The van der Waals surface area contributed by atoms with Crippen LogP contribution in [-0.2, 0) is 32.7 Å². The number of phosphoric ester groups is 1. The van der Waals surface area contributed by atoms with Gasteiger partial charge in [0.15, 0.2) is 6.10 Å². The third kappa shape index (κ3) is 45.3. The first-order valence-corrected chi connectivity index (χ1v) is 25.4. The number of nitrogens with zero attached hydrogens (tertiary/aromatic N) is 1. The molecule has 0 spiro atoms. The zero-order valence-electron chi connectivity index (χ0n) is 38.4. The average Bonchev–Trinajstić information content (AvgIpc) is 3.20. The highest BCUT2D eigenvalue weighted by Gasteiger charge is 2.26. The van der Waals surface area contributed by atoms with Gasteiger partial charge in [-0.3, -0.25) is 18.6 Å². The third-order valence-electron chi connectivity index (χ3n) is 10.1. The maximum absolute atomic E-state index is 12.7. The predicted octanol–water partition coefficient (Wildman–Crippen LogP) is 14.1. The fourth-order valence-electron chi connectivity index (χ4n) is 6.39.